The first kappa shape index (κ1) is 17.9. The van der Waals surface area contributed by atoms with E-state index in [0.29, 0.717) is 28.8 Å². The van der Waals surface area contributed by atoms with Crippen molar-refractivity contribution in [2.75, 3.05) is 19.1 Å². The topological polar surface area (TPSA) is 68.5 Å². The molecule has 0 saturated heterocycles. The van der Waals surface area contributed by atoms with Gasteiger partial charge in [0.05, 0.1) is 17.8 Å². The highest BCUT2D eigenvalue weighted by atomic mass is 35.5. The summed E-state index contributed by atoms with van der Waals surface area (Å²) in [6.07, 6.45) is 0.600. The number of carbonyl (C=O) groups is 1. The lowest BCUT2D eigenvalue weighted by molar-refractivity contribution is -0.118. The van der Waals surface area contributed by atoms with Gasteiger partial charge in [0.2, 0.25) is 17.6 Å². The Kier molecular flexibility index (Phi) is 5.53. The Hall–Kier alpha value is -2.86. The second-order valence-electron chi connectivity index (χ2n) is 5.64. The summed E-state index contributed by atoms with van der Waals surface area (Å²) in [6, 6.07) is 14.6. The maximum Gasteiger partial charge on any atom is 0.227 e. The molecule has 0 aliphatic rings. The summed E-state index contributed by atoms with van der Waals surface area (Å²) in [4.78, 5) is 18.3. The molecule has 1 aromatic heterocycles. The van der Waals surface area contributed by atoms with Crippen LogP contribution in [0.4, 0.5) is 5.69 Å². The number of hydrogen-bond donors (Lipinski definition) is 0. The highest BCUT2D eigenvalue weighted by Gasteiger charge is 2.16. The lowest BCUT2D eigenvalue weighted by atomic mass is 10.2. The van der Waals surface area contributed by atoms with Crippen molar-refractivity contribution in [2.45, 2.75) is 12.8 Å². The van der Waals surface area contributed by atoms with Gasteiger partial charge < -0.3 is 14.2 Å². The van der Waals surface area contributed by atoms with Gasteiger partial charge in [-0.15, -0.1) is 0 Å². The summed E-state index contributed by atoms with van der Waals surface area (Å²) < 4.78 is 10.4. The van der Waals surface area contributed by atoms with Gasteiger partial charge in [-0.25, -0.2) is 0 Å². The summed E-state index contributed by atoms with van der Waals surface area (Å²) in [6.45, 7) is 0. The lowest BCUT2D eigenvalue weighted by Gasteiger charge is -2.18. The maximum atomic E-state index is 12.4. The van der Waals surface area contributed by atoms with Crippen molar-refractivity contribution < 1.29 is 14.1 Å². The first-order valence-corrected chi connectivity index (χ1v) is 8.44. The smallest absolute Gasteiger partial charge is 0.227 e. The molecule has 0 unspecified atom stereocenters. The Labute approximate surface area is 156 Å². The molecule has 6 nitrogen and oxygen atoms in total. The first-order chi connectivity index (χ1) is 12.6. The van der Waals surface area contributed by atoms with E-state index in [4.69, 9.17) is 20.9 Å². The number of aromatic nitrogens is 2. The molecular formula is C19H18ClN3O3. The van der Waals surface area contributed by atoms with Crippen LogP contribution in [-0.2, 0) is 11.2 Å². The molecule has 0 saturated carbocycles. The van der Waals surface area contributed by atoms with Crippen LogP contribution >= 0.6 is 11.6 Å². The Balaban J connectivity index is 1.62. The molecule has 2 aromatic carbocycles. The molecule has 1 heterocycles. The van der Waals surface area contributed by atoms with Gasteiger partial charge in [-0.1, -0.05) is 28.9 Å². The molecule has 0 spiro atoms. The van der Waals surface area contributed by atoms with Crippen LogP contribution in [0.1, 0.15) is 12.3 Å². The number of para-hydroxylation sites is 1. The van der Waals surface area contributed by atoms with Crippen molar-refractivity contribution in [3.05, 3.63) is 59.4 Å². The summed E-state index contributed by atoms with van der Waals surface area (Å²) in [5, 5.41) is 4.49. The molecular weight excluding hydrogens is 354 g/mol. The molecule has 7 heteroatoms. The summed E-state index contributed by atoms with van der Waals surface area (Å²) in [5.74, 6) is 1.57. The second kappa shape index (κ2) is 8.01. The predicted molar refractivity (Wildman–Crippen MR) is 99.5 cm³/mol. The van der Waals surface area contributed by atoms with Gasteiger partial charge in [0, 0.05) is 25.5 Å². The number of anilines is 1. The van der Waals surface area contributed by atoms with Crippen LogP contribution in [0.3, 0.4) is 0 Å². The minimum Gasteiger partial charge on any atom is -0.497 e. The molecule has 0 N–H and O–H groups in total. The quantitative estimate of drug-likeness (QED) is 0.655. The minimum absolute atomic E-state index is 0.0812. The summed E-state index contributed by atoms with van der Waals surface area (Å²) >= 11 is 6.13. The number of halogens is 1. The van der Waals surface area contributed by atoms with Crippen LogP contribution in [0.15, 0.2) is 53.1 Å². The van der Waals surface area contributed by atoms with E-state index in [1.165, 1.54) is 4.90 Å². The number of amides is 1. The zero-order valence-corrected chi connectivity index (χ0v) is 15.2. The van der Waals surface area contributed by atoms with Gasteiger partial charge in [0.15, 0.2) is 0 Å². The SMILES string of the molecule is COc1ccc(-c2noc(CCC(=O)N(C)c3ccccc3Cl)n2)cc1. The Morgan fingerprint density at radius 1 is 1.19 bits per heavy atom. The zero-order valence-electron chi connectivity index (χ0n) is 14.5. The van der Waals surface area contributed by atoms with E-state index in [2.05, 4.69) is 10.1 Å². The number of rotatable bonds is 6. The highest BCUT2D eigenvalue weighted by molar-refractivity contribution is 6.33. The maximum absolute atomic E-state index is 12.4. The minimum atomic E-state index is -0.0812. The number of nitrogens with zero attached hydrogens (tertiary/aromatic N) is 3. The third kappa shape index (κ3) is 4.03. The normalized spacial score (nSPS) is 10.6. The van der Waals surface area contributed by atoms with E-state index in [9.17, 15) is 4.79 Å². The molecule has 0 radical (unpaired) electrons. The van der Waals surface area contributed by atoms with Crippen molar-refractivity contribution in [2.24, 2.45) is 0 Å². The molecule has 0 atom stereocenters. The zero-order chi connectivity index (χ0) is 18.5. The van der Waals surface area contributed by atoms with Crippen LogP contribution in [-0.4, -0.2) is 30.2 Å². The lowest BCUT2D eigenvalue weighted by Crippen LogP contribution is -2.26. The summed E-state index contributed by atoms with van der Waals surface area (Å²) in [5.41, 5.74) is 1.49. The number of aryl methyl sites for hydroxylation is 1. The largest absolute Gasteiger partial charge is 0.497 e. The molecule has 0 aliphatic heterocycles. The number of ether oxygens (including phenoxy) is 1. The van der Waals surface area contributed by atoms with Gasteiger partial charge in [-0.3, -0.25) is 4.79 Å². The van der Waals surface area contributed by atoms with E-state index >= 15 is 0 Å². The molecule has 3 aromatic rings. The van der Waals surface area contributed by atoms with E-state index < -0.39 is 0 Å². The van der Waals surface area contributed by atoms with Crippen molar-refractivity contribution >= 4 is 23.2 Å². The van der Waals surface area contributed by atoms with E-state index in [1.54, 1.807) is 26.3 Å². The molecule has 26 heavy (non-hydrogen) atoms. The monoisotopic (exact) mass is 371 g/mol. The molecule has 0 fully saturated rings. The first-order valence-electron chi connectivity index (χ1n) is 8.06. The van der Waals surface area contributed by atoms with E-state index in [1.807, 2.05) is 36.4 Å². The van der Waals surface area contributed by atoms with Crippen LogP contribution in [0.2, 0.25) is 5.02 Å². The van der Waals surface area contributed by atoms with Crippen LogP contribution < -0.4 is 9.64 Å². The number of carbonyl (C=O) groups excluding carboxylic acids is 1. The van der Waals surface area contributed by atoms with Crippen molar-refractivity contribution in [3.63, 3.8) is 0 Å². The van der Waals surface area contributed by atoms with Crippen LogP contribution in [0.25, 0.3) is 11.4 Å². The van der Waals surface area contributed by atoms with Crippen molar-refractivity contribution in [1.29, 1.82) is 0 Å². The molecule has 1 amide bonds. The fraction of sp³-hybridized carbons (Fsp3) is 0.211. The highest BCUT2D eigenvalue weighted by Crippen LogP contribution is 2.25. The van der Waals surface area contributed by atoms with Gasteiger partial charge in [0.1, 0.15) is 5.75 Å². The average molecular weight is 372 g/mol. The van der Waals surface area contributed by atoms with Crippen molar-refractivity contribution in [1.82, 2.24) is 10.1 Å². The van der Waals surface area contributed by atoms with Crippen LogP contribution in [0.5, 0.6) is 5.75 Å². The Morgan fingerprint density at radius 2 is 1.92 bits per heavy atom. The Morgan fingerprint density at radius 3 is 2.62 bits per heavy atom. The van der Waals surface area contributed by atoms with Gasteiger partial charge in [-0.2, -0.15) is 4.98 Å². The predicted octanol–water partition coefficient (Wildman–Crippen LogP) is 3.99. The third-order valence-corrected chi connectivity index (χ3v) is 4.28. The molecule has 0 bridgehead atoms. The number of benzene rings is 2. The fourth-order valence-electron chi connectivity index (χ4n) is 2.45. The van der Waals surface area contributed by atoms with Crippen LogP contribution in [0, 0.1) is 0 Å². The van der Waals surface area contributed by atoms with E-state index in [0.717, 1.165) is 11.3 Å². The number of methoxy groups -OCH3 is 1. The molecule has 134 valence electrons. The van der Waals surface area contributed by atoms with Crippen molar-refractivity contribution in [3.8, 4) is 17.1 Å². The number of hydrogen-bond acceptors (Lipinski definition) is 5. The second-order valence-corrected chi connectivity index (χ2v) is 6.05. The standard InChI is InChI=1S/C19H18ClN3O3/c1-23(16-6-4-3-5-15(16)20)18(24)12-11-17-21-19(22-26-17)13-7-9-14(25-2)10-8-13/h3-10H,11-12H2,1-2H3. The van der Waals surface area contributed by atoms with Gasteiger partial charge in [-0.05, 0) is 36.4 Å². The molecule has 3 rings (SSSR count). The molecule has 0 aliphatic carbocycles. The Bertz CT molecular complexity index is 893. The van der Waals surface area contributed by atoms with Gasteiger partial charge >= 0.3 is 0 Å². The van der Waals surface area contributed by atoms with Gasteiger partial charge in [0.25, 0.3) is 0 Å². The fourth-order valence-corrected chi connectivity index (χ4v) is 2.72. The average Bonchev–Trinajstić information content (AvgIpc) is 3.15. The summed E-state index contributed by atoms with van der Waals surface area (Å²) in [7, 11) is 3.30. The van der Waals surface area contributed by atoms with E-state index in [-0.39, 0.29) is 12.3 Å². The third-order valence-electron chi connectivity index (χ3n) is 3.96.